The van der Waals surface area contributed by atoms with E-state index in [1.54, 1.807) is 0 Å². The third-order valence-electron chi connectivity index (χ3n) is 3.53. The first kappa shape index (κ1) is 13.0. The molecule has 0 atom stereocenters. The molecular weight excluding hydrogens is 228 g/mol. The Balaban J connectivity index is 2.00. The monoisotopic (exact) mass is 252 g/mol. The van der Waals surface area contributed by atoms with E-state index in [-0.39, 0.29) is 0 Å². The third-order valence-corrected chi connectivity index (χ3v) is 4.74. The van der Waals surface area contributed by atoms with E-state index in [4.69, 9.17) is 4.98 Å². The van der Waals surface area contributed by atoms with Crippen LogP contribution in [0.2, 0.25) is 0 Å². The van der Waals surface area contributed by atoms with E-state index >= 15 is 0 Å². The quantitative estimate of drug-likeness (QED) is 0.860. The second-order valence-corrected chi connectivity index (χ2v) is 6.45. The number of rotatable bonds is 5. The summed E-state index contributed by atoms with van der Waals surface area (Å²) in [5, 5.41) is 4.99. The molecule has 0 aromatic carbocycles. The van der Waals surface area contributed by atoms with E-state index in [9.17, 15) is 0 Å². The summed E-state index contributed by atoms with van der Waals surface area (Å²) < 4.78 is 0. The molecule has 1 aliphatic rings. The van der Waals surface area contributed by atoms with Gasteiger partial charge in [0.15, 0.2) is 0 Å². The maximum Gasteiger partial charge on any atom is 0.0929 e. The molecule has 0 bridgehead atoms. The first-order chi connectivity index (χ1) is 8.20. The van der Waals surface area contributed by atoms with Crippen LogP contribution in [-0.4, -0.2) is 11.0 Å². The Kier molecular flexibility index (Phi) is 4.57. The molecule has 1 fully saturated rings. The summed E-state index contributed by atoms with van der Waals surface area (Å²) in [4.78, 5) is 6.21. The van der Waals surface area contributed by atoms with E-state index < -0.39 is 0 Å². The van der Waals surface area contributed by atoms with Gasteiger partial charge in [-0.25, -0.2) is 4.98 Å². The first-order valence-electron chi connectivity index (χ1n) is 6.92. The largest absolute Gasteiger partial charge is 0.309 e. The minimum absolute atomic E-state index is 0.548. The van der Waals surface area contributed by atoms with Crippen LogP contribution in [0.25, 0.3) is 0 Å². The Hall–Kier alpha value is -0.410. The van der Waals surface area contributed by atoms with Crippen molar-refractivity contribution in [3.8, 4) is 0 Å². The number of nitrogens with one attached hydrogen (secondary N) is 1. The lowest BCUT2D eigenvalue weighted by Gasteiger charge is -2.12. The summed E-state index contributed by atoms with van der Waals surface area (Å²) >= 11 is 1.90. The lowest BCUT2D eigenvalue weighted by Crippen LogP contribution is -2.25. The van der Waals surface area contributed by atoms with Gasteiger partial charge in [0.25, 0.3) is 0 Å². The van der Waals surface area contributed by atoms with Gasteiger partial charge in [-0.05, 0) is 25.2 Å². The zero-order valence-electron chi connectivity index (χ0n) is 11.3. The average Bonchev–Trinajstić information content (AvgIpc) is 2.95. The second-order valence-electron chi connectivity index (χ2n) is 5.29. The topological polar surface area (TPSA) is 24.9 Å². The van der Waals surface area contributed by atoms with Gasteiger partial charge >= 0.3 is 0 Å². The van der Waals surface area contributed by atoms with Crippen molar-refractivity contribution >= 4 is 11.3 Å². The summed E-state index contributed by atoms with van der Waals surface area (Å²) in [6.07, 6.45) is 6.58. The fourth-order valence-corrected chi connectivity index (χ4v) is 3.62. The van der Waals surface area contributed by atoms with Crippen molar-refractivity contribution in [3.05, 3.63) is 15.6 Å². The fraction of sp³-hybridized carbons (Fsp3) is 0.786. The van der Waals surface area contributed by atoms with Crippen LogP contribution in [0.15, 0.2) is 0 Å². The molecule has 1 aromatic heterocycles. The molecule has 0 spiro atoms. The van der Waals surface area contributed by atoms with Crippen molar-refractivity contribution in [2.24, 2.45) is 0 Å². The summed E-state index contributed by atoms with van der Waals surface area (Å²) in [6, 6.07) is 0.752. The highest BCUT2D eigenvalue weighted by Crippen LogP contribution is 2.26. The zero-order chi connectivity index (χ0) is 12.3. The maximum atomic E-state index is 4.75. The second kappa shape index (κ2) is 5.96. The average molecular weight is 252 g/mol. The van der Waals surface area contributed by atoms with Crippen molar-refractivity contribution in [1.82, 2.24) is 10.3 Å². The molecule has 17 heavy (non-hydrogen) atoms. The predicted molar refractivity (Wildman–Crippen MR) is 74.7 cm³/mol. The molecule has 0 amide bonds. The van der Waals surface area contributed by atoms with Crippen LogP contribution >= 0.6 is 11.3 Å². The molecule has 1 saturated carbocycles. The van der Waals surface area contributed by atoms with Crippen LogP contribution in [0.4, 0.5) is 0 Å². The Labute approximate surface area is 109 Å². The Bertz CT molecular complexity index is 351. The molecule has 0 radical (unpaired) electrons. The molecular formula is C14H24N2S. The van der Waals surface area contributed by atoms with Crippen LogP contribution in [0.1, 0.15) is 68.0 Å². The van der Waals surface area contributed by atoms with Crippen LogP contribution in [-0.2, 0) is 13.0 Å². The van der Waals surface area contributed by atoms with Crippen molar-refractivity contribution < 1.29 is 0 Å². The van der Waals surface area contributed by atoms with Gasteiger partial charge in [0.2, 0.25) is 0 Å². The standard InChI is InChI=1S/C14H24N2S/c1-4-13-16-14(10(2)3)12(17-13)9-15-11-7-5-6-8-11/h10-11,15H,4-9H2,1-3H3. The summed E-state index contributed by atoms with van der Waals surface area (Å²) in [7, 11) is 0. The summed E-state index contributed by atoms with van der Waals surface area (Å²) in [5.41, 5.74) is 1.32. The highest BCUT2D eigenvalue weighted by Gasteiger charge is 2.17. The normalized spacial score (nSPS) is 17.2. The Morgan fingerprint density at radius 3 is 2.65 bits per heavy atom. The zero-order valence-corrected chi connectivity index (χ0v) is 12.1. The number of aryl methyl sites for hydroxylation is 1. The minimum Gasteiger partial charge on any atom is -0.309 e. The first-order valence-corrected chi connectivity index (χ1v) is 7.74. The molecule has 1 aromatic rings. The van der Waals surface area contributed by atoms with Gasteiger partial charge in [-0.15, -0.1) is 11.3 Å². The molecule has 1 heterocycles. The molecule has 3 heteroatoms. The number of nitrogens with zero attached hydrogens (tertiary/aromatic N) is 1. The van der Waals surface area contributed by atoms with E-state index in [0.29, 0.717) is 5.92 Å². The number of hydrogen-bond acceptors (Lipinski definition) is 3. The van der Waals surface area contributed by atoms with E-state index in [2.05, 4.69) is 26.1 Å². The van der Waals surface area contributed by atoms with Crippen molar-refractivity contribution in [2.75, 3.05) is 0 Å². The number of hydrogen-bond donors (Lipinski definition) is 1. The lowest BCUT2D eigenvalue weighted by molar-refractivity contribution is 0.524. The smallest absolute Gasteiger partial charge is 0.0929 e. The molecule has 96 valence electrons. The Morgan fingerprint density at radius 1 is 1.35 bits per heavy atom. The van der Waals surface area contributed by atoms with Crippen LogP contribution in [0.3, 0.4) is 0 Å². The van der Waals surface area contributed by atoms with Gasteiger partial charge < -0.3 is 5.32 Å². The predicted octanol–water partition coefficient (Wildman–Crippen LogP) is 3.86. The van der Waals surface area contributed by atoms with Gasteiger partial charge in [0.1, 0.15) is 0 Å². The van der Waals surface area contributed by atoms with E-state index in [1.165, 1.54) is 41.3 Å². The number of aromatic nitrogens is 1. The molecule has 1 N–H and O–H groups in total. The lowest BCUT2D eigenvalue weighted by atomic mass is 10.1. The fourth-order valence-electron chi connectivity index (χ4n) is 2.51. The van der Waals surface area contributed by atoms with E-state index in [0.717, 1.165) is 19.0 Å². The van der Waals surface area contributed by atoms with Crippen LogP contribution in [0.5, 0.6) is 0 Å². The van der Waals surface area contributed by atoms with Gasteiger partial charge in [0.05, 0.1) is 10.7 Å². The third kappa shape index (κ3) is 3.29. The minimum atomic E-state index is 0.548. The Morgan fingerprint density at radius 2 is 2.06 bits per heavy atom. The highest BCUT2D eigenvalue weighted by molar-refractivity contribution is 7.11. The molecule has 0 saturated heterocycles. The molecule has 1 aliphatic carbocycles. The summed E-state index contributed by atoms with van der Waals surface area (Å²) in [6.45, 7) is 7.70. The SMILES string of the molecule is CCc1nc(C(C)C)c(CNC2CCCC2)s1. The highest BCUT2D eigenvalue weighted by atomic mass is 32.1. The molecule has 2 rings (SSSR count). The van der Waals surface area contributed by atoms with Crippen molar-refractivity contribution in [3.63, 3.8) is 0 Å². The molecule has 0 unspecified atom stereocenters. The number of thiazole rings is 1. The van der Waals surface area contributed by atoms with Gasteiger partial charge in [-0.2, -0.15) is 0 Å². The van der Waals surface area contributed by atoms with Crippen LogP contribution < -0.4 is 5.32 Å². The van der Waals surface area contributed by atoms with Crippen LogP contribution in [0, 0.1) is 0 Å². The summed E-state index contributed by atoms with van der Waals surface area (Å²) in [5.74, 6) is 0.548. The maximum absolute atomic E-state index is 4.75. The molecule has 2 nitrogen and oxygen atoms in total. The van der Waals surface area contributed by atoms with Gasteiger partial charge in [0, 0.05) is 17.5 Å². The van der Waals surface area contributed by atoms with Crippen molar-refractivity contribution in [2.45, 2.75) is 71.4 Å². The van der Waals surface area contributed by atoms with E-state index in [1.807, 2.05) is 11.3 Å². The van der Waals surface area contributed by atoms with Gasteiger partial charge in [-0.3, -0.25) is 0 Å². The van der Waals surface area contributed by atoms with Gasteiger partial charge in [-0.1, -0.05) is 33.6 Å². The molecule has 0 aliphatic heterocycles. The van der Waals surface area contributed by atoms with Crippen molar-refractivity contribution in [1.29, 1.82) is 0 Å².